The maximum Gasteiger partial charge on any atom is 0.263 e. The number of fused-ring (bicyclic) bond motifs is 1. The van der Waals surface area contributed by atoms with Crippen LogP contribution in [0.1, 0.15) is 67.3 Å². The third kappa shape index (κ3) is 6.00. The average Bonchev–Trinajstić information content (AvgIpc) is 3.51. The smallest absolute Gasteiger partial charge is 0.263 e. The molecule has 1 fully saturated rings. The maximum atomic E-state index is 13.8. The van der Waals surface area contributed by atoms with E-state index in [2.05, 4.69) is 0 Å². The number of likely N-dealkylation sites (N-methyl/N-ethyl adjacent to an activating group) is 1. The Morgan fingerprint density at radius 3 is 2.44 bits per heavy atom. The lowest BCUT2D eigenvalue weighted by Gasteiger charge is -2.39. The largest absolute Gasteiger partial charge is 0.481 e. The lowest BCUT2D eigenvalue weighted by molar-refractivity contribution is -0.138. The van der Waals surface area contributed by atoms with Crippen LogP contribution in [0.5, 0.6) is 5.75 Å². The molecule has 3 aromatic rings. The summed E-state index contributed by atoms with van der Waals surface area (Å²) in [5, 5.41) is 0. The van der Waals surface area contributed by atoms with E-state index in [0.717, 1.165) is 54.4 Å². The summed E-state index contributed by atoms with van der Waals surface area (Å²) in [6.45, 7) is 3.08. The Labute approximate surface area is 230 Å². The van der Waals surface area contributed by atoms with Crippen LogP contribution in [0.25, 0.3) is 0 Å². The molecule has 39 heavy (non-hydrogen) atoms. The van der Waals surface area contributed by atoms with E-state index in [1.807, 2.05) is 60.4 Å². The van der Waals surface area contributed by atoms with Gasteiger partial charge in [-0.25, -0.2) is 4.39 Å². The van der Waals surface area contributed by atoms with Crippen LogP contribution in [0.2, 0.25) is 0 Å². The first-order chi connectivity index (χ1) is 18.9. The van der Waals surface area contributed by atoms with E-state index in [0.29, 0.717) is 25.3 Å². The number of hydrogen-bond donors (Lipinski definition) is 0. The molecule has 1 aliphatic heterocycles. The molecular weight excluding hydrogens is 491 g/mol. The summed E-state index contributed by atoms with van der Waals surface area (Å²) in [4.78, 5) is 30.6. The second kappa shape index (κ2) is 12.0. The molecule has 2 unspecified atom stereocenters. The summed E-state index contributed by atoms with van der Waals surface area (Å²) >= 11 is 0. The van der Waals surface area contributed by atoms with Crippen LogP contribution in [0.3, 0.4) is 0 Å². The topological polar surface area (TPSA) is 49.9 Å². The third-order valence-electron chi connectivity index (χ3n) is 8.08. The number of carbonyl (C=O) groups excluding carboxylic acids is 2. The number of ether oxygens (including phenoxy) is 1. The van der Waals surface area contributed by atoms with Gasteiger partial charge in [0.2, 0.25) is 5.91 Å². The van der Waals surface area contributed by atoms with Crippen LogP contribution in [-0.4, -0.2) is 41.3 Å². The molecule has 1 saturated carbocycles. The number of benzene rings is 3. The van der Waals surface area contributed by atoms with Crippen molar-refractivity contribution in [3.05, 3.63) is 101 Å². The van der Waals surface area contributed by atoms with Gasteiger partial charge >= 0.3 is 0 Å². The molecule has 204 valence electrons. The van der Waals surface area contributed by atoms with Gasteiger partial charge in [-0.2, -0.15) is 0 Å². The van der Waals surface area contributed by atoms with E-state index < -0.39 is 6.10 Å². The van der Waals surface area contributed by atoms with E-state index in [-0.39, 0.29) is 29.6 Å². The van der Waals surface area contributed by atoms with Crippen molar-refractivity contribution in [3.8, 4) is 5.75 Å². The summed E-state index contributed by atoms with van der Waals surface area (Å²) in [5.74, 6) is 0.458. The first-order valence-electron chi connectivity index (χ1n) is 14.1. The van der Waals surface area contributed by atoms with Crippen molar-refractivity contribution in [3.63, 3.8) is 0 Å². The quantitative estimate of drug-likeness (QED) is 0.345. The maximum absolute atomic E-state index is 13.8. The predicted octanol–water partition coefficient (Wildman–Crippen LogP) is 6.31. The fraction of sp³-hybridized carbons (Fsp3) is 0.394. The molecule has 0 radical (unpaired) electrons. The van der Waals surface area contributed by atoms with Gasteiger partial charge in [0.15, 0.2) is 6.10 Å². The van der Waals surface area contributed by atoms with E-state index in [1.54, 1.807) is 24.1 Å². The van der Waals surface area contributed by atoms with Crippen molar-refractivity contribution in [1.29, 1.82) is 0 Å². The number of rotatable bonds is 8. The van der Waals surface area contributed by atoms with Gasteiger partial charge in [-0.15, -0.1) is 0 Å². The van der Waals surface area contributed by atoms with Gasteiger partial charge in [0.1, 0.15) is 11.6 Å². The molecule has 0 bridgehead atoms. The lowest BCUT2D eigenvalue weighted by atomic mass is 9.87. The minimum Gasteiger partial charge on any atom is -0.481 e. The third-order valence-corrected chi connectivity index (χ3v) is 8.08. The molecule has 0 N–H and O–H groups in total. The molecule has 2 aliphatic rings. The van der Waals surface area contributed by atoms with Crippen molar-refractivity contribution in [2.24, 2.45) is 5.92 Å². The SMILES string of the molecule is CCC(Oc1ccc2c(c1)C(c1ccc(F)cc1)N(C(=O)C1CCCC1)CC2)C(=O)N(C)Cc1ccccc1. The normalized spacial score (nSPS) is 17.9. The van der Waals surface area contributed by atoms with Crippen LogP contribution in [0, 0.1) is 11.7 Å². The van der Waals surface area contributed by atoms with Crippen molar-refractivity contribution in [2.45, 2.75) is 64.1 Å². The lowest BCUT2D eigenvalue weighted by Crippen LogP contribution is -2.43. The second-order valence-corrected chi connectivity index (χ2v) is 10.8. The molecule has 1 aliphatic carbocycles. The zero-order valence-electron chi connectivity index (χ0n) is 22.8. The zero-order valence-corrected chi connectivity index (χ0v) is 22.8. The Morgan fingerprint density at radius 1 is 1.03 bits per heavy atom. The molecule has 0 aromatic heterocycles. The van der Waals surface area contributed by atoms with Crippen molar-refractivity contribution in [2.75, 3.05) is 13.6 Å². The molecular formula is C33H37FN2O3. The van der Waals surface area contributed by atoms with Crippen LogP contribution in [0.4, 0.5) is 4.39 Å². The number of hydrogen-bond acceptors (Lipinski definition) is 3. The minimum atomic E-state index is -0.624. The molecule has 0 spiro atoms. The summed E-state index contributed by atoms with van der Waals surface area (Å²) < 4.78 is 20.1. The first kappa shape index (κ1) is 26.9. The molecule has 0 saturated heterocycles. The zero-order chi connectivity index (χ0) is 27.4. The van der Waals surface area contributed by atoms with E-state index in [4.69, 9.17) is 4.74 Å². The predicted molar refractivity (Wildman–Crippen MR) is 150 cm³/mol. The van der Waals surface area contributed by atoms with E-state index in [1.165, 1.54) is 12.1 Å². The Bertz CT molecular complexity index is 1290. The van der Waals surface area contributed by atoms with Crippen LogP contribution >= 0.6 is 0 Å². The Hall–Kier alpha value is -3.67. The van der Waals surface area contributed by atoms with Gasteiger partial charge in [0.25, 0.3) is 5.91 Å². The molecule has 5 nitrogen and oxygen atoms in total. The van der Waals surface area contributed by atoms with Gasteiger partial charge in [-0.1, -0.05) is 68.3 Å². The van der Waals surface area contributed by atoms with Gasteiger partial charge in [-0.3, -0.25) is 9.59 Å². The fourth-order valence-electron chi connectivity index (χ4n) is 5.97. The molecule has 2 atom stereocenters. The summed E-state index contributed by atoms with van der Waals surface area (Å²) in [5.41, 5.74) is 4.07. The molecule has 3 aromatic carbocycles. The summed E-state index contributed by atoms with van der Waals surface area (Å²) in [7, 11) is 1.80. The van der Waals surface area contributed by atoms with Crippen LogP contribution in [-0.2, 0) is 22.6 Å². The van der Waals surface area contributed by atoms with Gasteiger partial charge in [0, 0.05) is 26.1 Å². The van der Waals surface area contributed by atoms with Gasteiger partial charge in [0.05, 0.1) is 6.04 Å². The Balaban J connectivity index is 1.41. The number of nitrogens with zero attached hydrogens (tertiary/aromatic N) is 2. The monoisotopic (exact) mass is 528 g/mol. The van der Waals surface area contributed by atoms with Crippen molar-refractivity contribution in [1.82, 2.24) is 9.80 Å². The Kier molecular flexibility index (Phi) is 8.30. The standard InChI is InChI=1S/C33H37FN2O3/c1-3-30(33(38)35(2)22-23-9-5-4-6-10-23)39-28-18-15-24-19-20-36(32(37)26-11-7-8-12-26)31(29(24)21-28)25-13-16-27(34)17-14-25/h4-6,9-10,13-18,21,26,30-31H,3,7-8,11-12,19-20,22H2,1-2H3. The molecule has 2 amide bonds. The van der Waals surface area contributed by atoms with Crippen molar-refractivity contribution < 1.29 is 18.7 Å². The number of carbonyl (C=O) groups is 2. The van der Waals surface area contributed by atoms with Crippen molar-refractivity contribution >= 4 is 11.8 Å². The molecule has 1 heterocycles. The Morgan fingerprint density at radius 2 is 1.74 bits per heavy atom. The second-order valence-electron chi connectivity index (χ2n) is 10.8. The molecule has 5 rings (SSSR count). The highest BCUT2D eigenvalue weighted by Gasteiger charge is 2.36. The minimum absolute atomic E-state index is 0.0520. The fourth-order valence-corrected chi connectivity index (χ4v) is 5.97. The average molecular weight is 529 g/mol. The van der Waals surface area contributed by atoms with Crippen LogP contribution in [0.15, 0.2) is 72.8 Å². The summed E-state index contributed by atoms with van der Waals surface area (Å²) in [6, 6.07) is 22.0. The van der Waals surface area contributed by atoms with E-state index in [9.17, 15) is 14.0 Å². The number of amides is 2. The highest BCUT2D eigenvalue weighted by Crippen LogP contribution is 2.40. The van der Waals surface area contributed by atoms with E-state index >= 15 is 0 Å². The highest BCUT2D eigenvalue weighted by molar-refractivity contribution is 5.81. The highest BCUT2D eigenvalue weighted by atomic mass is 19.1. The summed E-state index contributed by atoms with van der Waals surface area (Å²) in [6.07, 6.45) is 4.69. The number of halogens is 1. The van der Waals surface area contributed by atoms with Crippen LogP contribution < -0.4 is 4.74 Å². The van der Waals surface area contributed by atoms with Gasteiger partial charge < -0.3 is 14.5 Å². The van der Waals surface area contributed by atoms with Gasteiger partial charge in [-0.05, 0) is 72.2 Å². The first-order valence-corrected chi connectivity index (χ1v) is 14.1. The molecule has 6 heteroatoms.